The highest BCUT2D eigenvalue weighted by Crippen LogP contribution is 2.47. The summed E-state index contributed by atoms with van der Waals surface area (Å²) >= 11 is 0. The molecule has 5 heteroatoms. The van der Waals surface area contributed by atoms with Gasteiger partial charge in [-0.2, -0.15) is 5.26 Å². The van der Waals surface area contributed by atoms with E-state index in [4.69, 9.17) is 5.26 Å². The fourth-order valence-electron chi connectivity index (χ4n) is 4.77. The van der Waals surface area contributed by atoms with Gasteiger partial charge in [0.2, 0.25) is 0 Å². The second kappa shape index (κ2) is 7.13. The zero-order chi connectivity index (χ0) is 18.9. The number of hydrogen-bond donors (Lipinski definition) is 1. The average molecular weight is 361 g/mol. The number of benzene rings is 1. The van der Waals surface area contributed by atoms with Crippen molar-refractivity contribution in [2.24, 2.45) is 5.92 Å². The molecule has 4 rings (SSSR count). The molecule has 3 atom stereocenters. The van der Waals surface area contributed by atoms with Crippen molar-refractivity contribution in [3.8, 4) is 6.07 Å². The zero-order valence-electron chi connectivity index (χ0n) is 15.2. The van der Waals surface area contributed by atoms with Gasteiger partial charge in [0.1, 0.15) is 11.8 Å². The number of carbonyl (C=O) groups is 1. The summed E-state index contributed by atoms with van der Waals surface area (Å²) in [5.41, 5.74) is 0.878. The van der Waals surface area contributed by atoms with E-state index >= 15 is 0 Å². The number of fused-ring (bicyclic) bond motifs is 1. The number of aromatic nitrogens is 1. The second-order valence-electron chi connectivity index (χ2n) is 7.54. The van der Waals surface area contributed by atoms with Crippen LogP contribution in [0.5, 0.6) is 0 Å². The number of likely N-dealkylation sites (tertiary alicyclic amines) is 1. The number of rotatable bonds is 2. The largest absolute Gasteiger partial charge is 0.385 e. The Labute approximate surface area is 159 Å². The number of pyridine rings is 1. The summed E-state index contributed by atoms with van der Waals surface area (Å²) in [6.45, 7) is 0.519. The number of carbonyl (C=O) groups excluding carboxylic acids is 1. The van der Waals surface area contributed by atoms with E-state index in [1.807, 2.05) is 41.3 Å². The Morgan fingerprint density at radius 1 is 1.19 bits per heavy atom. The van der Waals surface area contributed by atoms with Crippen LogP contribution in [0.15, 0.2) is 48.7 Å². The van der Waals surface area contributed by atoms with Crippen molar-refractivity contribution >= 4 is 5.91 Å². The Morgan fingerprint density at radius 2 is 1.96 bits per heavy atom. The molecule has 2 aliphatic rings. The highest BCUT2D eigenvalue weighted by atomic mass is 16.3. The van der Waals surface area contributed by atoms with Gasteiger partial charge in [-0.15, -0.1) is 0 Å². The summed E-state index contributed by atoms with van der Waals surface area (Å²) in [7, 11) is 0. The van der Waals surface area contributed by atoms with Crippen LogP contribution in [-0.2, 0) is 5.60 Å². The van der Waals surface area contributed by atoms with E-state index in [1.54, 1.807) is 12.1 Å². The van der Waals surface area contributed by atoms with E-state index in [2.05, 4.69) is 4.98 Å². The number of aliphatic hydroxyl groups is 1. The Kier molecular flexibility index (Phi) is 4.67. The molecule has 27 heavy (non-hydrogen) atoms. The minimum absolute atomic E-state index is 0.0286. The zero-order valence-corrected chi connectivity index (χ0v) is 15.2. The molecule has 1 aliphatic heterocycles. The first-order valence-electron chi connectivity index (χ1n) is 9.58. The van der Waals surface area contributed by atoms with Gasteiger partial charge in [-0.05, 0) is 37.0 Å². The number of amides is 1. The van der Waals surface area contributed by atoms with Crippen molar-refractivity contribution in [2.45, 2.75) is 43.7 Å². The molecule has 2 fully saturated rings. The van der Waals surface area contributed by atoms with Gasteiger partial charge in [-0.3, -0.25) is 4.79 Å². The predicted molar refractivity (Wildman–Crippen MR) is 101 cm³/mol. The average Bonchev–Trinajstić information content (AvgIpc) is 2.74. The Morgan fingerprint density at radius 3 is 2.67 bits per heavy atom. The highest BCUT2D eigenvalue weighted by Gasteiger charge is 2.50. The topological polar surface area (TPSA) is 77.2 Å². The van der Waals surface area contributed by atoms with Crippen LogP contribution >= 0.6 is 0 Å². The maximum atomic E-state index is 13.1. The molecule has 0 bridgehead atoms. The fraction of sp³-hybridized carbons (Fsp3) is 0.409. The van der Waals surface area contributed by atoms with Crippen molar-refractivity contribution in [3.05, 3.63) is 65.5 Å². The highest BCUT2D eigenvalue weighted by molar-refractivity contribution is 5.94. The summed E-state index contributed by atoms with van der Waals surface area (Å²) in [6, 6.07) is 15.1. The third kappa shape index (κ3) is 3.11. The Bertz CT molecular complexity index is 859. The van der Waals surface area contributed by atoms with E-state index in [0.29, 0.717) is 24.2 Å². The molecule has 5 nitrogen and oxygen atoms in total. The summed E-state index contributed by atoms with van der Waals surface area (Å²) in [5, 5.41) is 20.5. The minimum Gasteiger partial charge on any atom is -0.385 e. The maximum Gasteiger partial charge on any atom is 0.255 e. The normalized spacial score (nSPS) is 27.5. The van der Waals surface area contributed by atoms with Gasteiger partial charge in [0.05, 0.1) is 11.2 Å². The number of nitrogens with zero attached hydrogens (tertiary/aromatic N) is 3. The Hall–Kier alpha value is -2.71. The third-order valence-electron chi connectivity index (χ3n) is 6.14. The van der Waals surface area contributed by atoms with Crippen LogP contribution < -0.4 is 0 Å². The van der Waals surface area contributed by atoms with E-state index < -0.39 is 5.60 Å². The SMILES string of the molecule is N#Cc1ccc(C(=O)N2CC[C@@](O)(c3ccccc3)[C@H]3CCCC[C@@H]32)cn1. The molecule has 1 saturated carbocycles. The summed E-state index contributed by atoms with van der Waals surface area (Å²) in [5.74, 6) is -0.0170. The van der Waals surface area contributed by atoms with Gasteiger partial charge in [0.15, 0.2) is 0 Å². The van der Waals surface area contributed by atoms with Crippen molar-refractivity contribution in [1.82, 2.24) is 9.88 Å². The first kappa shape index (κ1) is 17.7. The smallest absolute Gasteiger partial charge is 0.255 e. The van der Waals surface area contributed by atoms with Crippen LogP contribution in [0.3, 0.4) is 0 Å². The van der Waals surface area contributed by atoms with Gasteiger partial charge < -0.3 is 10.0 Å². The summed E-state index contributed by atoms with van der Waals surface area (Å²) in [4.78, 5) is 19.1. The van der Waals surface area contributed by atoms with Gasteiger partial charge in [-0.1, -0.05) is 43.2 Å². The minimum atomic E-state index is -0.883. The molecule has 1 N–H and O–H groups in total. The van der Waals surface area contributed by atoms with Crippen molar-refractivity contribution in [3.63, 3.8) is 0 Å². The van der Waals surface area contributed by atoms with Crippen molar-refractivity contribution in [1.29, 1.82) is 5.26 Å². The molecule has 138 valence electrons. The molecule has 1 saturated heterocycles. The van der Waals surface area contributed by atoms with Gasteiger partial charge >= 0.3 is 0 Å². The van der Waals surface area contributed by atoms with Crippen LogP contribution in [0.1, 0.15) is 53.7 Å². The molecule has 2 aromatic rings. The molecule has 1 aliphatic carbocycles. The molecular weight excluding hydrogens is 338 g/mol. The predicted octanol–water partition coefficient (Wildman–Crippen LogP) is 3.25. The van der Waals surface area contributed by atoms with Crippen molar-refractivity contribution in [2.75, 3.05) is 6.54 Å². The molecule has 0 radical (unpaired) electrons. The molecule has 0 unspecified atom stereocenters. The standard InChI is InChI=1S/C22H23N3O2/c23-14-18-11-10-16(15-24-18)21(26)25-13-12-22(27,17-6-2-1-3-7-17)19-8-4-5-9-20(19)25/h1-3,6-7,10-11,15,19-20,27H,4-5,8-9,12-13H2/t19-,20-,22+/m0/s1. The second-order valence-corrected chi connectivity index (χ2v) is 7.54. The van der Waals surface area contributed by atoms with Crippen LogP contribution in [0.2, 0.25) is 0 Å². The van der Waals surface area contributed by atoms with Gasteiger partial charge in [-0.25, -0.2) is 4.98 Å². The lowest BCUT2D eigenvalue weighted by Gasteiger charge is -2.52. The van der Waals surface area contributed by atoms with E-state index in [9.17, 15) is 9.90 Å². The van der Waals surface area contributed by atoms with Crippen LogP contribution in [0.25, 0.3) is 0 Å². The van der Waals surface area contributed by atoms with Crippen molar-refractivity contribution < 1.29 is 9.90 Å². The van der Waals surface area contributed by atoms with Crippen LogP contribution in [0, 0.1) is 17.2 Å². The molecule has 1 amide bonds. The molecule has 1 aromatic carbocycles. The third-order valence-corrected chi connectivity index (χ3v) is 6.14. The molecule has 0 spiro atoms. The molecular formula is C22H23N3O2. The lowest BCUT2D eigenvalue weighted by Crippen LogP contribution is -2.59. The maximum absolute atomic E-state index is 13.1. The first-order valence-corrected chi connectivity index (χ1v) is 9.58. The van der Waals surface area contributed by atoms with Crippen LogP contribution in [-0.4, -0.2) is 33.5 Å². The number of hydrogen-bond acceptors (Lipinski definition) is 4. The lowest BCUT2D eigenvalue weighted by atomic mass is 9.66. The summed E-state index contributed by atoms with van der Waals surface area (Å²) in [6.07, 6.45) is 6.00. The molecule has 1 aromatic heterocycles. The summed E-state index contributed by atoms with van der Waals surface area (Å²) < 4.78 is 0. The number of nitriles is 1. The monoisotopic (exact) mass is 361 g/mol. The van der Waals surface area contributed by atoms with Crippen LogP contribution in [0.4, 0.5) is 0 Å². The van der Waals surface area contributed by atoms with E-state index in [1.165, 1.54) is 6.20 Å². The Balaban J connectivity index is 1.63. The lowest BCUT2D eigenvalue weighted by molar-refractivity contribution is -0.110. The molecule has 2 heterocycles. The van der Waals surface area contributed by atoms with E-state index in [0.717, 1.165) is 31.2 Å². The number of piperidine rings is 1. The fourth-order valence-corrected chi connectivity index (χ4v) is 4.77. The van der Waals surface area contributed by atoms with Gasteiger partial charge in [0, 0.05) is 24.7 Å². The first-order chi connectivity index (χ1) is 13.1. The van der Waals surface area contributed by atoms with E-state index in [-0.39, 0.29) is 17.9 Å². The van der Waals surface area contributed by atoms with Gasteiger partial charge in [0.25, 0.3) is 5.91 Å². The quantitative estimate of drug-likeness (QED) is 0.891.